The number of nitrogens with one attached hydrogen (secondary N) is 2. The van der Waals surface area contributed by atoms with E-state index in [-0.39, 0.29) is 11.7 Å². The Hall–Kier alpha value is -2.60. The molecule has 0 saturated heterocycles. The maximum atomic E-state index is 13.6. The number of hydrogen-bond acceptors (Lipinski definition) is 4. The van der Waals surface area contributed by atoms with Crippen LogP contribution >= 0.6 is 0 Å². The lowest BCUT2D eigenvalue weighted by Crippen LogP contribution is -2.17. The van der Waals surface area contributed by atoms with Crippen molar-refractivity contribution in [1.29, 1.82) is 0 Å². The van der Waals surface area contributed by atoms with Crippen LogP contribution in [-0.2, 0) is 0 Å². The van der Waals surface area contributed by atoms with Gasteiger partial charge in [0.2, 0.25) is 0 Å². The van der Waals surface area contributed by atoms with E-state index in [1.54, 1.807) is 18.2 Å². The van der Waals surface area contributed by atoms with Crippen molar-refractivity contribution in [3.63, 3.8) is 0 Å². The zero-order valence-corrected chi connectivity index (χ0v) is 11.7. The van der Waals surface area contributed by atoms with Crippen LogP contribution in [0.5, 0.6) is 5.75 Å². The van der Waals surface area contributed by atoms with Crippen LogP contribution in [0.1, 0.15) is 15.9 Å². The fourth-order valence-corrected chi connectivity index (χ4v) is 1.91. The van der Waals surface area contributed by atoms with Gasteiger partial charge < -0.3 is 15.5 Å². The van der Waals surface area contributed by atoms with Crippen molar-refractivity contribution < 1.29 is 13.9 Å². The number of hydrazine groups is 1. The molecule has 2 aromatic carbocycles. The predicted octanol–water partition coefficient (Wildman–Crippen LogP) is 2.68. The molecule has 0 heterocycles. The third kappa shape index (κ3) is 3.29. The molecule has 21 heavy (non-hydrogen) atoms. The first-order valence-corrected chi connectivity index (χ1v) is 6.27. The highest BCUT2D eigenvalue weighted by molar-refractivity contribution is 6.08. The van der Waals surface area contributed by atoms with E-state index in [1.165, 1.54) is 19.2 Å². The molecule has 0 aliphatic rings. The molecule has 0 aromatic heterocycles. The Labute approximate surface area is 121 Å². The van der Waals surface area contributed by atoms with E-state index in [1.807, 2.05) is 13.0 Å². The quantitative estimate of drug-likeness (QED) is 0.597. The topological polar surface area (TPSA) is 76.4 Å². The second-order valence-corrected chi connectivity index (χ2v) is 4.50. The number of aryl methyl sites for hydroxylation is 1. The number of hydrogen-bond donors (Lipinski definition) is 3. The Balaban J connectivity index is 2.26. The van der Waals surface area contributed by atoms with Crippen LogP contribution in [0.4, 0.5) is 15.8 Å². The Morgan fingerprint density at radius 2 is 2.00 bits per heavy atom. The number of anilines is 2. The lowest BCUT2D eigenvalue weighted by molar-refractivity contribution is 0.102. The Bertz CT molecular complexity index is 674. The van der Waals surface area contributed by atoms with Gasteiger partial charge in [-0.2, -0.15) is 0 Å². The summed E-state index contributed by atoms with van der Waals surface area (Å²) in [4.78, 5) is 12.3. The molecule has 6 heteroatoms. The monoisotopic (exact) mass is 289 g/mol. The highest BCUT2D eigenvalue weighted by Gasteiger charge is 2.12. The van der Waals surface area contributed by atoms with E-state index in [0.29, 0.717) is 16.9 Å². The van der Waals surface area contributed by atoms with Crippen molar-refractivity contribution >= 4 is 17.3 Å². The average molecular weight is 289 g/mol. The smallest absolute Gasteiger partial charge is 0.257 e. The van der Waals surface area contributed by atoms with Crippen LogP contribution in [-0.4, -0.2) is 13.0 Å². The SMILES string of the molecule is COc1ccc(NC(=O)c2cc(C)ccc2NN)cc1F. The molecule has 4 N–H and O–H groups in total. The largest absolute Gasteiger partial charge is 0.494 e. The molecule has 2 rings (SSSR count). The third-order valence-corrected chi connectivity index (χ3v) is 2.98. The number of amides is 1. The first kappa shape index (κ1) is 14.8. The van der Waals surface area contributed by atoms with E-state index in [4.69, 9.17) is 10.6 Å². The molecule has 0 aliphatic carbocycles. The lowest BCUT2D eigenvalue weighted by Gasteiger charge is -2.11. The number of benzene rings is 2. The standard InChI is InChI=1S/C15H16FN3O2/c1-9-3-5-13(19-17)11(7-9)15(20)18-10-4-6-14(21-2)12(16)8-10/h3-8,19H,17H2,1-2H3,(H,18,20). The molecular weight excluding hydrogens is 273 g/mol. The molecule has 0 fully saturated rings. The Kier molecular flexibility index (Phi) is 4.39. The van der Waals surface area contributed by atoms with Gasteiger partial charge in [0, 0.05) is 11.8 Å². The highest BCUT2D eigenvalue weighted by Crippen LogP contribution is 2.22. The molecule has 0 radical (unpaired) electrons. The number of carbonyl (C=O) groups excluding carboxylic acids is 1. The molecule has 2 aromatic rings. The van der Waals surface area contributed by atoms with Crippen LogP contribution in [0.3, 0.4) is 0 Å². The van der Waals surface area contributed by atoms with Gasteiger partial charge in [-0.05, 0) is 31.2 Å². The molecule has 0 saturated carbocycles. The summed E-state index contributed by atoms with van der Waals surface area (Å²) in [5.74, 6) is 4.58. The summed E-state index contributed by atoms with van der Waals surface area (Å²) in [6, 6.07) is 9.44. The molecule has 0 unspecified atom stereocenters. The number of rotatable bonds is 4. The van der Waals surface area contributed by atoms with Gasteiger partial charge in [0.1, 0.15) is 0 Å². The van der Waals surface area contributed by atoms with E-state index in [2.05, 4.69) is 10.7 Å². The van der Waals surface area contributed by atoms with Crippen molar-refractivity contribution in [2.24, 2.45) is 5.84 Å². The number of nitrogen functional groups attached to an aromatic ring is 1. The number of halogens is 1. The van der Waals surface area contributed by atoms with Crippen LogP contribution in [0, 0.1) is 12.7 Å². The maximum absolute atomic E-state index is 13.6. The van der Waals surface area contributed by atoms with Crippen molar-refractivity contribution in [2.45, 2.75) is 6.92 Å². The minimum Gasteiger partial charge on any atom is -0.494 e. The summed E-state index contributed by atoms with van der Waals surface area (Å²) >= 11 is 0. The molecule has 0 atom stereocenters. The number of carbonyl (C=O) groups is 1. The molecule has 0 bridgehead atoms. The van der Waals surface area contributed by atoms with E-state index >= 15 is 0 Å². The number of ether oxygens (including phenoxy) is 1. The predicted molar refractivity (Wildman–Crippen MR) is 79.9 cm³/mol. The maximum Gasteiger partial charge on any atom is 0.257 e. The highest BCUT2D eigenvalue weighted by atomic mass is 19.1. The van der Waals surface area contributed by atoms with Gasteiger partial charge in [-0.25, -0.2) is 4.39 Å². The first-order valence-electron chi connectivity index (χ1n) is 6.27. The molecular formula is C15H16FN3O2. The van der Waals surface area contributed by atoms with Gasteiger partial charge in [-0.15, -0.1) is 0 Å². The van der Waals surface area contributed by atoms with Gasteiger partial charge in [0.15, 0.2) is 11.6 Å². The summed E-state index contributed by atoms with van der Waals surface area (Å²) in [5.41, 5.74) is 4.59. The van der Waals surface area contributed by atoms with Crippen LogP contribution in [0.25, 0.3) is 0 Å². The van der Waals surface area contributed by atoms with Gasteiger partial charge in [0.25, 0.3) is 5.91 Å². The van der Waals surface area contributed by atoms with Crippen LogP contribution in [0.2, 0.25) is 0 Å². The molecule has 0 aliphatic heterocycles. The van der Waals surface area contributed by atoms with E-state index < -0.39 is 5.82 Å². The molecule has 0 spiro atoms. The second kappa shape index (κ2) is 6.23. The third-order valence-electron chi connectivity index (χ3n) is 2.98. The summed E-state index contributed by atoms with van der Waals surface area (Å²) in [7, 11) is 1.38. The van der Waals surface area contributed by atoms with Gasteiger partial charge in [-0.1, -0.05) is 11.6 Å². The molecule has 1 amide bonds. The van der Waals surface area contributed by atoms with Crippen molar-refractivity contribution in [1.82, 2.24) is 0 Å². The average Bonchev–Trinajstić information content (AvgIpc) is 2.47. The summed E-state index contributed by atoms with van der Waals surface area (Å²) in [6.45, 7) is 1.87. The summed E-state index contributed by atoms with van der Waals surface area (Å²) in [6.07, 6.45) is 0. The minimum atomic E-state index is -0.545. The fourth-order valence-electron chi connectivity index (χ4n) is 1.91. The zero-order chi connectivity index (χ0) is 15.4. The first-order chi connectivity index (χ1) is 10.0. The van der Waals surface area contributed by atoms with Crippen LogP contribution in [0.15, 0.2) is 36.4 Å². The molecule has 110 valence electrons. The number of nitrogens with two attached hydrogens (primary N) is 1. The fraction of sp³-hybridized carbons (Fsp3) is 0.133. The van der Waals surface area contributed by atoms with Crippen molar-refractivity contribution in [3.05, 3.63) is 53.3 Å². The Morgan fingerprint density at radius 1 is 1.24 bits per heavy atom. The lowest BCUT2D eigenvalue weighted by atomic mass is 10.1. The van der Waals surface area contributed by atoms with Gasteiger partial charge in [-0.3, -0.25) is 10.6 Å². The molecule has 5 nitrogen and oxygen atoms in total. The summed E-state index contributed by atoms with van der Waals surface area (Å²) in [5, 5.41) is 2.62. The number of methoxy groups -OCH3 is 1. The van der Waals surface area contributed by atoms with E-state index in [9.17, 15) is 9.18 Å². The minimum absolute atomic E-state index is 0.118. The second-order valence-electron chi connectivity index (χ2n) is 4.50. The zero-order valence-electron chi connectivity index (χ0n) is 11.7. The van der Waals surface area contributed by atoms with Crippen molar-refractivity contribution in [3.8, 4) is 5.75 Å². The van der Waals surface area contributed by atoms with Crippen molar-refractivity contribution in [2.75, 3.05) is 17.9 Å². The Morgan fingerprint density at radius 3 is 2.62 bits per heavy atom. The van der Waals surface area contributed by atoms with Gasteiger partial charge >= 0.3 is 0 Å². The van der Waals surface area contributed by atoms with Gasteiger partial charge in [0.05, 0.1) is 18.4 Å². The van der Waals surface area contributed by atoms with E-state index in [0.717, 1.165) is 5.56 Å². The normalized spacial score (nSPS) is 10.1. The van der Waals surface area contributed by atoms with Crippen LogP contribution < -0.4 is 21.3 Å². The summed E-state index contributed by atoms with van der Waals surface area (Å²) < 4.78 is 18.4.